The van der Waals surface area contributed by atoms with Crippen molar-refractivity contribution in [1.82, 2.24) is 4.90 Å². The largest absolute Gasteiger partial charge is 0.458 e. The molecule has 0 aromatic heterocycles. The number of ether oxygens (including phenoxy) is 6. The first-order valence-electron chi connectivity index (χ1n) is 20.7. The molecule has 15 atom stereocenters. The van der Waals surface area contributed by atoms with Gasteiger partial charge in [-0.2, -0.15) is 0 Å². The molecule has 2 N–H and O–H groups in total. The molecule has 0 fully saturated rings. The molecule has 326 valence electrons. The summed E-state index contributed by atoms with van der Waals surface area (Å²) in [6.07, 6.45) is 12.8. The van der Waals surface area contributed by atoms with E-state index < -0.39 is 42.2 Å². The summed E-state index contributed by atoms with van der Waals surface area (Å²) in [5, 5.41) is 22.7. The Morgan fingerprint density at radius 3 is 2.21 bits per heavy atom. The van der Waals surface area contributed by atoms with Gasteiger partial charge in [0.1, 0.15) is 11.9 Å². The molecule has 57 heavy (non-hydrogen) atoms. The molecule has 0 spiro atoms. The smallest absolute Gasteiger partial charge is 0.331 e. The zero-order chi connectivity index (χ0) is 42.8. The summed E-state index contributed by atoms with van der Waals surface area (Å²) in [7, 11) is 8.22. The van der Waals surface area contributed by atoms with Crippen molar-refractivity contribution in [2.75, 3.05) is 35.5 Å². The highest BCUT2D eigenvalue weighted by Crippen LogP contribution is 2.34. The number of esters is 1. The van der Waals surface area contributed by atoms with E-state index in [-0.39, 0.29) is 66.4 Å². The summed E-state index contributed by atoms with van der Waals surface area (Å²) in [6, 6.07) is 0. The average Bonchev–Trinajstić information content (AvgIpc) is 3.20. The third-order valence-corrected chi connectivity index (χ3v) is 12.3. The number of allylic oxidation sites excluding steroid dienone is 2. The third kappa shape index (κ3) is 16.1. The monoisotopic (exact) mass is 806 g/mol. The highest BCUT2D eigenvalue weighted by atomic mass is 16.5. The number of Topliss-reactive ketones (excluding diaryl/α,β-unsaturated/α-hetero) is 1. The van der Waals surface area contributed by atoms with Crippen LogP contribution in [-0.4, -0.2) is 124 Å². The second-order valence-electron chi connectivity index (χ2n) is 16.6. The van der Waals surface area contributed by atoms with Gasteiger partial charge in [-0.05, 0) is 32.1 Å². The van der Waals surface area contributed by atoms with Crippen LogP contribution in [0.2, 0.25) is 0 Å². The molecule has 0 saturated carbocycles. The molecular formula is C45H75NO11. The second kappa shape index (κ2) is 25.7. The first-order valence-corrected chi connectivity index (χ1v) is 20.7. The van der Waals surface area contributed by atoms with Crippen molar-refractivity contribution in [3.8, 4) is 0 Å². The number of rotatable bonds is 16. The fourth-order valence-electron chi connectivity index (χ4n) is 8.31. The number of methoxy groups -OCH3 is 4. The van der Waals surface area contributed by atoms with E-state index >= 15 is 0 Å². The minimum Gasteiger partial charge on any atom is -0.458 e. The highest BCUT2D eigenvalue weighted by molar-refractivity contribution is 5.82. The quantitative estimate of drug-likeness (QED) is 0.104. The molecule has 0 radical (unpaired) electrons. The van der Waals surface area contributed by atoms with Gasteiger partial charge in [0.25, 0.3) is 0 Å². The molecule has 2 rings (SSSR count). The predicted octanol–water partition coefficient (Wildman–Crippen LogP) is 6.24. The van der Waals surface area contributed by atoms with Gasteiger partial charge >= 0.3 is 5.97 Å². The molecule has 0 unspecified atom stereocenters. The average molecular weight is 806 g/mol. The number of hydrogen-bond donors (Lipinski definition) is 2. The van der Waals surface area contributed by atoms with E-state index in [1.54, 1.807) is 47.8 Å². The van der Waals surface area contributed by atoms with Gasteiger partial charge in [0, 0.05) is 103 Å². The maximum atomic E-state index is 13.5. The minimum atomic E-state index is -0.911. The van der Waals surface area contributed by atoms with E-state index in [1.165, 1.54) is 11.0 Å². The molecule has 1 amide bonds. The maximum absolute atomic E-state index is 13.5. The standard InChI is InChI=1S/C45H75NO11/c1-28-16-19-35(48)24-36-14-13-15-37(56-36)25-39(52-9)32(5)40(53-10)26-41(54-11)33(6)45(57-42(50)21-17-28)34(7)43(51)29(2)18-20-38(49)31(4)44(55-12)30(3)22-23-46(8)27-47/h13-14,16-17,21-23,27,29-37,39-41,43-45,48,51H,15,18-20,24-26H2,1-12H3/b21-17+,23-22+,28-16?/t29-,30+,31-,32+,33-,34-,35-,36-,37-,39-,40-,41+,43-,44+,45-/m0/s1. The molecular weight excluding hydrogens is 730 g/mol. The number of amides is 1. The Morgan fingerprint density at radius 1 is 0.965 bits per heavy atom. The van der Waals surface area contributed by atoms with Crippen molar-refractivity contribution in [2.45, 2.75) is 148 Å². The summed E-state index contributed by atoms with van der Waals surface area (Å²) < 4.78 is 36.5. The predicted molar refractivity (Wildman–Crippen MR) is 221 cm³/mol. The molecule has 2 heterocycles. The molecule has 2 aliphatic rings. The zero-order valence-electron chi connectivity index (χ0n) is 36.7. The molecule has 2 bridgehead atoms. The van der Waals surface area contributed by atoms with E-state index in [0.717, 1.165) is 12.0 Å². The van der Waals surface area contributed by atoms with Gasteiger partial charge in [0.15, 0.2) is 0 Å². The number of fused-ring (bicyclic) bond motifs is 2. The van der Waals surface area contributed by atoms with Crippen molar-refractivity contribution in [2.24, 2.45) is 35.5 Å². The minimum absolute atomic E-state index is 0.0147. The van der Waals surface area contributed by atoms with Gasteiger partial charge in [0.05, 0.1) is 48.8 Å². The fourth-order valence-corrected chi connectivity index (χ4v) is 8.31. The summed E-state index contributed by atoms with van der Waals surface area (Å²) in [5.41, 5.74) is 0.799. The van der Waals surface area contributed by atoms with Crippen molar-refractivity contribution >= 4 is 18.2 Å². The number of aliphatic hydroxyl groups is 2. The van der Waals surface area contributed by atoms with Crippen molar-refractivity contribution < 1.29 is 53.0 Å². The lowest BCUT2D eigenvalue weighted by Gasteiger charge is -2.39. The Kier molecular flexibility index (Phi) is 22.7. The van der Waals surface area contributed by atoms with Crippen LogP contribution >= 0.6 is 0 Å². The molecule has 0 aliphatic carbocycles. The van der Waals surface area contributed by atoms with Crippen LogP contribution in [0.4, 0.5) is 0 Å². The van der Waals surface area contributed by atoms with Gasteiger partial charge in [-0.1, -0.05) is 77.5 Å². The van der Waals surface area contributed by atoms with Crippen LogP contribution in [0.25, 0.3) is 0 Å². The lowest BCUT2D eigenvalue weighted by molar-refractivity contribution is -0.159. The van der Waals surface area contributed by atoms with Crippen LogP contribution in [0, 0.1) is 35.5 Å². The number of hydrogen-bond acceptors (Lipinski definition) is 11. The summed E-state index contributed by atoms with van der Waals surface area (Å²) in [4.78, 5) is 39.3. The van der Waals surface area contributed by atoms with Gasteiger partial charge in [-0.3, -0.25) is 9.59 Å². The van der Waals surface area contributed by atoms with E-state index in [2.05, 4.69) is 13.0 Å². The van der Waals surface area contributed by atoms with E-state index in [9.17, 15) is 24.6 Å². The van der Waals surface area contributed by atoms with Crippen molar-refractivity contribution in [3.63, 3.8) is 0 Å². The summed E-state index contributed by atoms with van der Waals surface area (Å²) in [5.74, 6) is -2.33. The number of cyclic esters (lactones) is 1. The van der Waals surface area contributed by atoms with Crippen LogP contribution in [0.5, 0.6) is 0 Å². The molecule has 12 nitrogen and oxygen atoms in total. The Labute approximate surface area is 343 Å². The summed E-state index contributed by atoms with van der Waals surface area (Å²) >= 11 is 0. The van der Waals surface area contributed by atoms with Crippen LogP contribution in [0.1, 0.15) is 93.4 Å². The maximum Gasteiger partial charge on any atom is 0.331 e. The van der Waals surface area contributed by atoms with Crippen LogP contribution in [0.15, 0.2) is 48.2 Å². The number of carbonyl (C=O) groups is 3. The first-order chi connectivity index (χ1) is 27.0. The number of aliphatic hydroxyl groups excluding tert-OH is 2. The Bertz CT molecular complexity index is 1330. The van der Waals surface area contributed by atoms with Crippen molar-refractivity contribution in [1.29, 1.82) is 0 Å². The summed E-state index contributed by atoms with van der Waals surface area (Å²) in [6.45, 7) is 13.5. The molecule has 0 aromatic carbocycles. The normalized spacial score (nSPS) is 32.2. The number of nitrogens with zero attached hydrogens (tertiary/aromatic N) is 1. The second-order valence-corrected chi connectivity index (χ2v) is 16.6. The topological polar surface area (TPSA) is 150 Å². The number of carbonyl (C=O) groups excluding carboxylic acids is 3. The lowest BCUT2D eigenvalue weighted by Crippen LogP contribution is -2.46. The Balaban J connectivity index is 2.36. The Hall–Kier alpha value is -2.71. The van der Waals surface area contributed by atoms with E-state index in [4.69, 9.17) is 28.4 Å². The van der Waals surface area contributed by atoms with Gasteiger partial charge < -0.3 is 43.5 Å². The van der Waals surface area contributed by atoms with Crippen LogP contribution in [-0.2, 0) is 42.8 Å². The first kappa shape index (κ1) is 50.4. The van der Waals surface area contributed by atoms with Crippen molar-refractivity contribution in [3.05, 3.63) is 48.2 Å². The third-order valence-electron chi connectivity index (χ3n) is 12.3. The molecule has 12 heteroatoms. The fraction of sp³-hybridized carbons (Fsp3) is 0.756. The highest BCUT2D eigenvalue weighted by Gasteiger charge is 2.40. The molecule has 0 aromatic rings. The van der Waals surface area contributed by atoms with Gasteiger partial charge in [-0.25, -0.2) is 4.79 Å². The lowest BCUT2D eigenvalue weighted by atomic mass is 9.78. The van der Waals surface area contributed by atoms with Crippen LogP contribution < -0.4 is 0 Å². The zero-order valence-corrected chi connectivity index (χ0v) is 36.7. The van der Waals surface area contributed by atoms with E-state index in [0.29, 0.717) is 38.5 Å². The van der Waals surface area contributed by atoms with Crippen LogP contribution in [0.3, 0.4) is 0 Å². The Morgan fingerprint density at radius 2 is 1.60 bits per heavy atom. The molecule has 2 aliphatic heterocycles. The molecule has 0 saturated heterocycles. The van der Waals surface area contributed by atoms with Gasteiger partial charge in [-0.15, -0.1) is 0 Å². The van der Waals surface area contributed by atoms with Gasteiger partial charge in [0.2, 0.25) is 6.41 Å². The SMILES string of the molecule is CO[C@H]([C@H](C)/C=C/N(C)C=O)[C@@H](C)C(=O)CC[C@H](C)[C@H](O)[C@H](C)[C@H]1OC(=O)/C=C/C(C)=CC[C@H](O)C[C@@H]2C=CC[C@@H](C[C@H](OC)[C@@H](C)[C@@H](OC)C[C@@H](OC)[C@@H]1C)O2. The number of ketones is 1. The van der Waals surface area contributed by atoms with E-state index in [1.807, 2.05) is 59.8 Å².